The predicted molar refractivity (Wildman–Crippen MR) is 74.5 cm³/mol. The molecular formula is C13H15N5O3. The van der Waals surface area contributed by atoms with Gasteiger partial charge in [-0.05, 0) is 18.6 Å². The van der Waals surface area contributed by atoms with E-state index in [9.17, 15) is 9.59 Å². The van der Waals surface area contributed by atoms with Gasteiger partial charge >= 0.3 is 5.97 Å². The Bertz CT molecular complexity index is 759. The van der Waals surface area contributed by atoms with E-state index in [4.69, 9.17) is 10.8 Å². The fraction of sp³-hybridized carbons (Fsp3) is 0.385. The standard InChI is InChI=1S/C13H15N5O3/c14-13(12(20)21)5-6-17(7-13)8-18-11(19)9-3-1-2-4-10(9)15-16-18/h1-4H,5-8,14H2,(H,20,21). The van der Waals surface area contributed by atoms with Crippen LogP contribution < -0.4 is 11.3 Å². The monoisotopic (exact) mass is 289 g/mol. The highest BCUT2D eigenvalue weighted by Gasteiger charge is 2.41. The number of benzene rings is 1. The molecule has 8 heteroatoms. The summed E-state index contributed by atoms with van der Waals surface area (Å²) in [6, 6.07) is 6.97. The Balaban J connectivity index is 1.85. The van der Waals surface area contributed by atoms with Gasteiger partial charge in [-0.2, -0.15) is 4.68 Å². The van der Waals surface area contributed by atoms with Crippen LogP contribution in [0, 0.1) is 0 Å². The van der Waals surface area contributed by atoms with Crippen molar-refractivity contribution in [2.75, 3.05) is 13.1 Å². The summed E-state index contributed by atoms with van der Waals surface area (Å²) in [6.45, 7) is 0.871. The number of likely N-dealkylation sites (tertiary alicyclic amines) is 1. The third kappa shape index (κ3) is 2.39. The second-order valence-corrected chi connectivity index (χ2v) is 5.32. The lowest BCUT2D eigenvalue weighted by atomic mass is 10.0. The van der Waals surface area contributed by atoms with Crippen LogP contribution in [0.15, 0.2) is 29.1 Å². The van der Waals surface area contributed by atoms with Crippen molar-refractivity contribution in [2.45, 2.75) is 18.6 Å². The molecule has 1 unspecified atom stereocenters. The van der Waals surface area contributed by atoms with Crippen molar-refractivity contribution < 1.29 is 9.90 Å². The number of aromatic nitrogens is 3. The van der Waals surface area contributed by atoms with Gasteiger partial charge in [0.25, 0.3) is 5.56 Å². The number of carboxylic acid groups (broad SMARTS) is 1. The predicted octanol–water partition coefficient (Wildman–Crippen LogP) is -0.763. The van der Waals surface area contributed by atoms with E-state index in [2.05, 4.69) is 10.3 Å². The lowest BCUT2D eigenvalue weighted by Crippen LogP contribution is -2.50. The lowest BCUT2D eigenvalue weighted by Gasteiger charge is -2.20. The maximum atomic E-state index is 12.3. The zero-order chi connectivity index (χ0) is 15.0. The van der Waals surface area contributed by atoms with E-state index in [1.165, 1.54) is 4.68 Å². The Morgan fingerprint density at radius 3 is 2.90 bits per heavy atom. The summed E-state index contributed by atoms with van der Waals surface area (Å²) in [5, 5.41) is 17.5. The quantitative estimate of drug-likeness (QED) is 0.763. The van der Waals surface area contributed by atoms with Crippen molar-refractivity contribution in [3.05, 3.63) is 34.6 Å². The zero-order valence-electron chi connectivity index (χ0n) is 11.3. The molecule has 0 spiro atoms. The Morgan fingerprint density at radius 2 is 2.19 bits per heavy atom. The first kappa shape index (κ1) is 13.7. The molecule has 1 aromatic carbocycles. The third-order valence-corrected chi connectivity index (χ3v) is 3.77. The molecule has 110 valence electrons. The minimum Gasteiger partial charge on any atom is -0.480 e. The van der Waals surface area contributed by atoms with Crippen LogP contribution in [-0.4, -0.2) is 49.6 Å². The number of nitrogens with zero attached hydrogens (tertiary/aromatic N) is 4. The van der Waals surface area contributed by atoms with Gasteiger partial charge in [0.1, 0.15) is 11.1 Å². The average molecular weight is 289 g/mol. The maximum absolute atomic E-state index is 12.3. The van der Waals surface area contributed by atoms with Crippen molar-refractivity contribution in [1.82, 2.24) is 19.9 Å². The van der Waals surface area contributed by atoms with Crippen LogP contribution in [0.4, 0.5) is 0 Å². The largest absolute Gasteiger partial charge is 0.480 e. The Hall–Kier alpha value is -2.32. The number of carbonyl (C=O) groups is 1. The molecule has 1 aliphatic heterocycles. The van der Waals surface area contributed by atoms with E-state index in [0.717, 1.165) is 0 Å². The number of carboxylic acids is 1. The third-order valence-electron chi connectivity index (χ3n) is 3.77. The van der Waals surface area contributed by atoms with Crippen LogP contribution in [0.3, 0.4) is 0 Å². The second-order valence-electron chi connectivity index (χ2n) is 5.32. The van der Waals surface area contributed by atoms with E-state index >= 15 is 0 Å². The van der Waals surface area contributed by atoms with Crippen LogP contribution in [-0.2, 0) is 11.5 Å². The van der Waals surface area contributed by atoms with Crippen molar-refractivity contribution in [3.8, 4) is 0 Å². The molecule has 0 aliphatic carbocycles. The molecule has 3 N–H and O–H groups in total. The first-order chi connectivity index (χ1) is 9.99. The Kier molecular flexibility index (Phi) is 3.19. The highest BCUT2D eigenvalue weighted by molar-refractivity contribution is 5.79. The number of aliphatic carboxylic acids is 1. The summed E-state index contributed by atoms with van der Waals surface area (Å²) < 4.78 is 1.23. The van der Waals surface area contributed by atoms with Crippen LogP contribution in [0.25, 0.3) is 10.9 Å². The van der Waals surface area contributed by atoms with Gasteiger partial charge in [0.05, 0.1) is 12.1 Å². The summed E-state index contributed by atoms with van der Waals surface area (Å²) >= 11 is 0. The molecule has 2 heterocycles. The average Bonchev–Trinajstić information content (AvgIpc) is 2.85. The second kappa shape index (κ2) is 4.90. The van der Waals surface area contributed by atoms with E-state index in [1.807, 2.05) is 0 Å². The minimum atomic E-state index is -1.26. The van der Waals surface area contributed by atoms with E-state index in [-0.39, 0.29) is 18.8 Å². The fourth-order valence-corrected chi connectivity index (χ4v) is 2.52. The fourth-order valence-electron chi connectivity index (χ4n) is 2.52. The van der Waals surface area contributed by atoms with Gasteiger partial charge < -0.3 is 10.8 Å². The molecular weight excluding hydrogens is 274 g/mol. The van der Waals surface area contributed by atoms with Crippen molar-refractivity contribution in [1.29, 1.82) is 0 Å². The van der Waals surface area contributed by atoms with Gasteiger partial charge in [0.2, 0.25) is 0 Å². The molecule has 1 atom stereocenters. The van der Waals surface area contributed by atoms with Crippen LogP contribution >= 0.6 is 0 Å². The molecule has 0 bridgehead atoms. The smallest absolute Gasteiger partial charge is 0.325 e. The van der Waals surface area contributed by atoms with Gasteiger partial charge in [-0.15, -0.1) is 5.10 Å². The first-order valence-corrected chi connectivity index (χ1v) is 6.57. The summed E-state index contributed by atoms with van der Waals surface area (Å²) in [6.07, 6.45) is 0.345. The van der Waals surface area contributed by atoms with E-state index < -0.39 is 11.5 Å². The molecule has 0 saturated carbocycles. The molecule has 0 radical (unpaired) electrons. The first-order valence-electron chi connectivity index (χ1n) is 6.57. The molecule has 1 saturated heterocycles. The number of hydrogen-bond donors (Lipinski definition) is 2. The van der Waals surface area contributed by atoms with Gasteiger partial charge in [-0.3, -0.25) is 14.5 Å². The summed E-state index contributed by atoms with van der Waals surface area (Å²) in [4.78, 5) is 25.2. The van der Waals surface area contributed by atoms with Gasteiger partial charge in [0, 0.05) is 13.1 Å². The molecule has 0 amide bonds. The number of fused-ring (bicyclic) bond motifs is 1. The number of hydrogen-bond acceptors (Lipinski definition) is 6. The molecule has 1 fully saturated rings. The molecule has 8 nitrogen and oxygen atoms in total. The maximum Gasteiger partial charge on any atom is 0.325 e. The van der Waals surface area contributed by atoms with Crippen molar-refractivity contribution >= 4 is 16.9 Å². The van der Waals surface area contributed by atoms with Crippen LogP contribution in [0.2, 0.25) is 0 Å². The highest BCUT2D eigenvalue weighted by Crippen LogP contribution is 2.19. The summed E-state index contributed by atoms with van der Waals surface area (Å²) in [5.74, 6) is -1.03. The number of rotatable bonds is 3. The Labute approximate surface area is 119 Å². The summed E-state index contributed by atoms with van der Waals surface area (Å²) in [7, 11) is 0. The topological polar surface area (TPSA) is 114 Å². The zero-order valence-corrected chi connectivity index (χ0v) is 11.3. The lowest BCUT2D eigenvalue weighted by molar-refractivity contribution is -0.142. The molecule has 1 aliphatic rings. The van der Waals surface area contributed by atoms with Gasteiger partial charge in [-0.1, -0.05) is 17.3 Å². The van der Waals surface area contributed by atoms with Crippen molar-refractivity contribution in [3.63, 3.8) is 0 Å². The van der Waals surface area contributed by atoms with E-state index in [1.54, 1.807) is 29.2 Å². The normalized spacial score (nSPS) is 22.7. The highest BCUT2D eigenvalue weighted by atomic mass is 16.4. The SMILES string of the molecule is NC1(C(=O)O)CCN(Cn2nnc3ccccc3c2=O)C1. The minimum absolute atomic E-state index is 0.183. The van der Waals surface area contributed by atoms with Gasteiger partial charge in [-0.25, -0.2) is 0 Å². The van der Waals surface area contributed by atoms with Crippen molar-refractivity contribution in [2.24, 2.45) is 5.73 Å². The van der Waals surface area contributed by atoms with Crippen LogP contribution in [0.1, 0.15) is 6.42 Å². The van der Waals surface area contributed by atoms with Crippen LogP contribution in [0.5, 0.6) is 0 Å². The molecule has 2 aromatic rings. The van der Waals surface area contributed by atoms with Gasteiger partial charge in [0.15, 0.2) is 0 Å². The number of nitrogens with two attached hydrogens (primary N) is 1. The molecule has 1 aromatic heterocycles. The molecule has 21 heavy (non-hydrogen) atoms. The molecule has 3 rings (SSSR count). The Morgan fingerprint density at radius 1 is 1.43 bits per heavy atom. The van der Waals surface area contributed by atoms with E-state index in [0.29, 0.717) is 23.9 Å². The summed E-state index contributed by atoms with van der Waals surface area (Å²) in [5.41, 5.74) is 4.85.